The summed E-state index contributed by atoms with van der Waals surface area (Å²) in [5.74, 6) is 1.30. The van der Waals surface area contributed by atoms with Gasteiger partial charge in [-0.2, -0.15) is 5.10 Å². The van der Waals surface area contributed by atoms with E-state index in [4.69, 9.17) is 9.47 Å². The molecule has 0 radical (unpaired) electrons. The Hall–Kier alpha value is -2.15. The van der Waals surface area contributed by atoms with Crippen LogP contribution in [0.3, 0.4) is 0 Å². The SMILES string of the molecule is COc1c(N2CCOCC2)nc(C=O)c2[nH]ncc12. The number of methoxy groups -OCH3 is 1. The van der Waals surface area contributed by atoms with Gasteiger partial charge in [0.15, 0.2) is 17.9 Å². The van der Waals surface area contributed by atoms with Crippen LogP contribution in [0.4, 0.5) is 5.82 Å². The molecule has 0 saturated carbocycles. The van der Waals surface area contributed by atoms with Gasteiger partial charge in [-0.15, -0.1) is 0 Å². The number of carbonyl (C=O) groups excluding carboxylic acids is 1. The fourth-order valence-electron chi connectivity index (χ4n) is 2.27. The summed E-state index contributed by atoms with van der Waals surface area (Å²) in [6, 6.07) is 0. The van der Waals surface area contributed by atoms with Crippen LogP contribution in [0.5, 0.6) is 5.75 Å². The first kappa shape index (κ1) is 11.9. The highest BCUT2D eigenvalue weighted by Gasteiger charge is 2.22. The number of nitrogens with zero attached hydrogens (tertiary/aromatic N) is 3. The summed E-state index contributed by atoms with van der Waals surface area (Å²) in [6.07, 6.45) is 2.37. The van der Waals surface area contributed by atoms with Crippen LogP contribution in [0.25, 0.3) is 10.9 Å². The van der Waals surface area contributed by atoms with E-state index < -0.39 is 0 Å². The van der Waals surface area contributed by atoms with Gasteiger partial charge in [0.2, 0.25) is 0 Å². The molecule has 19 heavy (non-hydrogen) atoms. The predicted octanol–water partition coefficient (Wildman–Crippen LogP) is 0.616. The molecule has 0 amide bonds. The Morgan fingerprint density at radius 1 is 1.47 bits per heavy atom. The Balaban J connectivity index is 2.18. The van der Waals surface area contributed by atoms with E-state index in [0.717, 1.165) is 24.8 Å². The number of aldehydes is 1. The van der Waals surface area contributed by atoms with Crippen molar-refractivity contribution in [2.45, 2.75) is 0 Å². The summed E-state index contributed by atoms with van der Waals surface area (Å²) >= 11 is 0. The van der Waals surface area contributed by atoms with Gasteiger partial charge >= 0.3 is 0 Å². The van der Waals surface area contributed by atoms with Crippen LogP contribution in [-0.2, 0) is 4.74 Å². The minimum absolute atomic E-state index is 0.342. The van der Waals surface area contributed by atoms with E-state index in [0.29, 0.717) is 36.0 Å². The summed E-state index contributed by atoms with van der Waals surface area (Å²) in [5.41, 5.74) is 0.943. The number of fused-ring (bicyclic) bond motifs is 1. The molecule has 1 saturated heterocycles. The normalized spacial score (nSPS) is 15.7. The van der Waals surface area contributed by atoms with Gasteiger partial charge in [-0.3, -0.25) is 9.89 Å². The largest absolute Gasteiger partial charge is 0.492 e. The fraction of sp³-hybridized carbons (Fsp3) is 0.417. The van der Waals surface area contributed by atoms with Gasteiger partial charge in [0.05, 0.1) is 37.4 Å². The minimum Gasteiger partial charge on any atom is -0.492 e. The van der Waals surface area contributed by atoms with E-state index in [1.54, 1.807) is 13.3 Å². The molecule has 0 unspecified atom stereocenters. The molecule has 0 bridgehead atoms. The van der Waals surface area contributed by atoms with Gasteiger partial charge in [0.1, 0.15) is 5.69 Å². The second kappa shape index (κ2) is 4.85. The van der Waals surface area contributed by atoms with Crippen LogP contribution >= 0.6 is 0 Å². The zero-order valence-electron chi connectivity index (χ0n) is 10.5. The molecule has 0 aromatic carbocycles. The van der Waals surface area contributed by atoms with Gasteiger partial charge < -0.3 is 14.4 Å². The maximum absolute atomic E-state index is 11.2. The summed E-state index contributed by atoms with van der Waals surface area (Å²) in [4.78, 5) is 17.6. The molecule has 1 N–H and O–H groups in total. The summed E-state index contributed by atoms with van der Waals surface area (Å²) in [6.45, 7) is 2.74. The molecule has 3 rings (SSSR count). The number of H-pyrrole nitrogens is 1. The second-order valence-corrected chi connectivity index (χ2v) is 4.23. The van der Waals surface area contributed by atoms with Crippen molar-refractivity contribution in [3.05, 3.63) is 11.9 Å². The van der Waals surface area contributed by atoms with Gasteiger partial charge in [0.25, 0.3) is 0 Å². The predicted molar refractivity (Wildman–Crippen MR) is 68.9 cm³/mol. The van der Waals surface area contributed by atoms with Crippen LogP contribution in [-0.4, -0.2) is 54.9 Å². The monoisotopic (exact) mass is 262 g/mol. The zero-order chi connectivity index (χ0) is 13.2. The third-order valence-electron chi connectivity index (χ3n) is 3.20. The molecule has 0 spiro atoms. The maximum atomic E-state index is 11.2. The minimum atomic E-state index is 0.342. The van der Waals surface area contributed by atoms with Crippen LogP contribution in [0.2, 0.25) is 0 Å². The van der Waals surface area contributed by atoms with Crippen LogP contribution in [0, 0.1) is 0 Å². The Labute approximate surface area is 109 Å². The van der Waals surface area contributed by atoms with Crippen LogP contribution in [0.1, 0.15) is 10.5 Å². The van der Waals surface area contributed by atoms with E-state index in [1.807, 2.05) is 0 Å². The summed E-state index contributed by atoms with van der Waals surface area (Å²) < 4.78 is 10.8. The second-order valence-electron chi connectivity index (χ2n) is 4.23. The molecule has 1 aliphatic heterocycles. The first-order valence-corrected chi connectivity index (χ1v) is 6.04. The van der Waals surface area contributed by atoms with Crippen molar-refractivity contribution in [3.8, 4) is 5.75 Å². The number of aromatic nitrogens is 3. The molecule has 3 heterocycles. The number of carbonyl (C=O) groups is 1. The van der Waals surface area contributed by atoms with Gasteiger partial charge in [0, 0.05) is 13.1 Å². The quantitative estimate of drug-likeness (QED) is 0.816. The molecular formula is C12H14N4O3. The highest BCUT2D eigenvalue weighted by atomic mass is 16.5. The van der Waals surface area contributed by atoms with Crippen molar-refractivity contribution in [2.75, 3.05) is 38.3 Å². The number of morpholine rings is 1. The highest BCUT2D eigenvalue weighted by molar-refractivity contribution is 5.99. The third-order valence-corrected chi connectivity index (χ3v) is 3.20. The first-order valence-electron chi connectivity index (χ1n) is 6.04. The Morgan fingerprint density at radius 3 is 2.95 bits per heavy atom. The molecule has 7 heteroatoms. The lowest BCUT2D eigenvalue weighted by Gasteiger charge is -2.29. The number of rotatable bonds is 3. The average Bonchev–Trinajstić information content (AvgIpc) is 2.95. The summed E-state index contributed by atoms with van der Waals surface area (Å²) in [7, 11) is 1.59. The number of ether oxygens (including phenoxy) is 2. The van der Waals surface area contributed by atoms with Crippen molar-refractivity contribution in [1.82, 2.24) is 15.2 Å². The van der Waals surface area contributed by atoms with Crippen molar-refractivity contribution < 1.29 is 14.3 Å². The molecule has 1 fully saturated rings. The molecule has 0 aliphatic carbocycles. The molecule has 2 aromatic rings. The van der Waals surface area contributed by atoms with Crippen LogP contribution in [0.15, 0.2) is 6.20 Å². The standard InChI is InChI=1S/C12H14N4O3/c1-18-11-8-6-13-15-10(8)9(7-17)14-12(11)16-2-4-19-5-3-16/h6-7H,2-5H2,1H3,(H,13,15). The summed E-state index contributed by atoms with van der Waals surface area (Å²) in [5, 5.41) is 7.50. The number of nitrogens with one attached hydrogen (secondary N) is 1. The Kier molecular flexibility index (Phi) is 3.04. The van der Waals surface area contributed by atoms with E-state index >= 15 is 0 Å². The lowest BCUT2D eigenvalue weighted by molar-refractivity contribution is 0.112. The number of anilines is 1. The third kappa shape index (κ3) is 1.91. The molecule has 7 nitrogen and oxygen atoms in total. The number of pyridine rings is 1. The topological polar surface area (TPSA) is 80.3 Å². The van der Waals surface area contributed by atoms with Gasteiger partial charge in [-0.25, -0.2) is 4.98 Å². The molecule has 100 valence electrons. The Morgan fingerprint density at radius 2 is 2.26 bits per heavy atom. The maximum Gasteiger partial charge on any atom is 0.173 e. The van der Waals surface area contributed by atoms with Crippen molar-refractivity contribution in [1.29, 1.82) is 0 Å². The molecule has 2 aromatic heterocycles. The van der Waals surface area contributed by atoms with E-state index in [-0.39, 0.29) is 0 Å². The van der Waals surface area contributed by atoms with E-state index in [9.17, 15) is 4.79 Å². The Bertz CT molecular complexity index is 604. The van der Waals surface area contributed by atoms with Crippen molar-refractivity contribution in [3.63, 3.8) is 0 Å². The lowest BCUT2D eigenvalue weighted by Crippen LogP contribution is -2.37. The van der Waals surface area contributed by atoms with Crippen molar-refractivity contribution >= 4 is 23.0 Å². The fourth-order valence-corrected chi connectivity index (χ4v) is 2.27. The first-order chi connectivity index (χ1) is 9.35. The number of aromatic amines is 1. The molecule has 1 aliphatic rings. The molecular weight excluding hydrogens is 248 g/mol. The van der Waals surface area contributed by atoms with Gasteiger partial charge in [-0.05, 0) is 0 Å². The smallest absolute Gasteiger partial charge is 0.173 e. The molecule has 0 atom stereocenters. The highest BCUT2D eigenvalue weighted by Crippen LogP contribution is 2.34. The average molecular weight is 262 g/mol. The van der Waals surface area contributed by atoms with E-state index in [2.05, 4.69) is 20.1 Å². The van der Waals surface area contributed by atoms with E-state index in [1.165, 1.54) is 0 Å². The zero-order valence-corrected chi connectivity index (χ0v) is 10.5. The van der Waals surface area contributed by atoms with Crippen molar-refractivity contribution in [2.24, 2.45) is 0 Å². The number of hydrogen-bond donors (Lipinski definition) is 1. The van der Waals surface area contributed by atoms with Crippen LogP contribution < -0.4 is 9.64 Å². The lowest BCUT2D eigenvalue weighted by atomic mass is 10.2. The van der Waals surface area contributed by atoms with Gasteiger partial charge in [-0.1, -0.05) is 0 Å². The number of hydrogen-bond acceptors (Lipinski definition) is 6.